The Morgan fingerprint density at radius 3 is 2.21 bits per heavy atom. The molecule has 0 bridgehead atoms. The van der Waals surface area contributed by atoms with Gasteiger partial charge in [0.05, 0.1) is 26.9 Å². The number of hydrogen-bond donors (Lipinski definition) is 1. The van der Waals surface area contributed by atoms with Gasteiger partial charge in [-0.25, -0.2) is 0 Å². The molecule has 1 amide bonds. The Bertz CT molecular complexity index is 886. The van der Waals surface area contributed by atoms with Gasteiger partial charge in [-0.2, -0.15) is 13.2 Å². The summed E-state index contributed by atoms with van der Waals surface area (Å²) in [6, 6.07) is 9.42. The van der Waals surface area contributed by atoms with E-state index in [0.29, 0.717) is 22.7 Å². The van der Waals surface area contributed by atoms with E-state index in [1.807, 2.05) is 0 Å². The predicted molar refractivity (Wildman–Crippen MR) is 96.0 cm³/mol. The standard InChI is InChI=1S/C19H19F3N2O4/c1-26-14-9-16(28-3)15(27-2)8-12(14)17-23-13-7-5-4-6-11(13)18(25)24(17)10-19(20,21)22/h4-9,17,23H,10H2,1-3H3/t17-/m1/s1. The Hall–Kier alpha value is -3.10. The maximum absolute atomic E-state index is 13.2. The molecule has 1 aliphatic heterocycles. The molecule has 3 rings (SSSR count). The van der Waals surface area contributed by atoms with Gasteiger partial charge in [0.2, 0.25) is 0 Å². The average molecular weight is 396 g/mol. The van der Waals surface area contributed by atoms with Crippen molar-refractivity contribution < 1.29 is 32.2 Å². The van der Waals surface area contributed by atoms with Crippen molar-refractivity contribution in [2.45, 2.75) is 12.3 Å². The molecular weight excluding hydrogens is 377 g/mol. The third-order valence-electron chi connectivity index (χ3n) is 4.40. The number of anilines is 1. The molecule has 28 heavy (non-hydrogen) atoms. The molecule has 9 heteroatoms. The molecule has 0 spiro atoms. The number of para-hydroxylation sites is 1. The number of ether oxygens (including phenoxy) is 3. The monoisotopic (exact) mass is 396 g/mol. The number of nitrogens with zero attached hydrogens (tertiary/aromatic N) is 1. The molecule has 2 aromatic rings. The van der Waals surface area contributed by atoms with Crippen LogP contribution < -0.4 is 19.5 Å². The topological polar surface area (TPSA) is 60.0 Å². The first-order chi connectivity index (χ1) is 13.3. The SMILES string of the molecule is COc1cc(OC)c([C@@H]2Nc3ccccc3C(=O)N2CC(F)(F)F)cc1OC. The van der Waals surface area contributed by atoms with E-state index in [-0.39, 0.29) is 11.3 Å². The number of rotatable bonds is 5. The fourth-order valence-electron chi connectivity index (χ4n) is 3.16. The highest BCUT2D eigenvalue weighted by Crippen LogP contribution is 2.42. The summed E-state index contributed by atoms with van der Waals surface area (Å²) in [5, 5.41) is 3.01. The van der Waals surface area contributed by atoms with Crippen LogP contribution in [0.3, 0.4) is 0 Å². The summed E-state index contributed by atoms with van der Waals surface area (Å²) in [5.74, 6) is 0.189. The maximum Gasteiger partial charge on any atom is 0.406 e. The Morgan fingerprint density at radius 2 is 1.61 bits per heavy atom. The minimum Gasteiger partial charge on any atom is -0.496 e. The summed E-state index contributed by atoms with van der Waals surface area (Å²) in [4.78, 5) is 13.6. The summed E-state index contributed by atoms with van der Waals surface area (Å²) < 4.78 is 55.5. The van der Waals surface area contributed by atoms with Crippen LogP contribution in [0.5, 0.6) is 17.2 Å². The zero-order valence-corrected chi connectivity index (χ0v) is 15.5. The first kappa shape index (κ1) is 19.7. The Labute approximate surface area is 159 Å². The number of carbonyl (C=O) groups excluding carboxylic acids is 1. The molecule has 150 valence electrons. The first-order valence-corrected chi connectivity index (χ1v) is 8.32. The van der Waals surface area contributed by atoms with Crippen molar-refractivity contribution in [1.29, 1.82) is 0 Å². The first-order valence-electron chi connectivity index (χ1n) is 8.32. The van der Waals surface area contributed by atoms with Gasteiger partial charge < -0.3 is 24.4 Å². The van der Waals surface area contributed by atoms with Crippen LogP contribution in [-0.2, 0) is 0 Å². The van der Waals surface area contributed by atoms with Crippen LogP contribution >= 0.6 is 0 Å². The highest BCUT2D eigenvalue weighted by atomic mass is 19.4. The minimum atomic E-state index is -4.58. The molecule has 0 unspecified atom stereocenters. The van der Waals surface area contributed by atoms with Crippen LogP contribution in [0.25, 0.3) is 0 Å². The zero-order valence-electron chi connectivity index (χ0n) is 15.5. The number of benzene rings is 2. The second-order valence-corrected chi connectivity index (χ2v) is 6.09. The van der Waals surface area contributed by atoms with E-state index >= 15 is 0 Å². The molecule has 0 aromatic heterocycles. The van der Waals surface area contributed by atoms with E-state index in [4.69, 9.17) is 14.2 Å². The Morgan fingerprint density at radius 1 is 1.00 bits per heavy atom. The van der Waals surface area contributed by atoms with Gasteiger partial charge in [-0.1, -0.05) is 12.1 Å². The van der Waals surface area contributed by atoms with Crippen LogP contribution in [0, 0.1) is 0 Å². The molecule has 0 aliphatic carbocycles. The molecule has 6 nitrogen and oxygen atoms in total. The molecule has 0 fully saturated rings. The number of fused-ring (bicyclic) bond motifs is 1. The minimum absolute atomic E-state index is 0.169. The number of methoxy groups -OCH3 is 3. The normalized spacial score (nSPS) is 16.3. The van der Waals surface area contributed by atoms with Crippen molar-refractivity contribution >= 4 is 11.6 Å². The van der Waals surface area contributed by atoms with Crippen molar-refractivity contribution in [3.63, 3.8) is 0 Å². The fraction of sp³-hybridized carbons (Fsp3) is 0.316. The largest absolute Gasteiger partial charge is 0.496 e. The summed E-state index contributed by atoms with van der Waals surface area (Å²) >= 11 is 0. The Kier molecular flexibility index (Phi) is 5.26. The van der Waals surface area contributed by atoms with E-state index in [1.165, 1.54) is 39.5 Å². The van der Waals surface area contributed by atoms with Crippen molar-refractivity contribution in [1.82, 2.24) is 4.90 Å². The lowest BCUT2D eigenvalue weighted by atomic mass is 10.0. The van der Waals surface area contributed by atoms with Crippen molar-refractivity contribution in [3.8, 4) is 17.2 Å². The van der Waals surface area contributed by atoms with Crippen LogP contribution in [0.15, 0.2) is 36.4 Å². The second-order valence-electron chi connectivity index (χ2n) is 6.09. The number of halogens is 3. The third-order valence-corrected chi connectivity index (χ3v) is 4.40. The second kappa shape index (κ2) is 7.49. The molecule has 1 N–H and O–H groups in total. The van der Waals surface area contributed by atoms with Crippen molar-refractivity contribution in [3.05, 3.63) is 47.5 Å². The predicted octanol–water partition coefficient (Wildman–Crippen LogP) is 3.84. The summed E-state index contributed by atoms with van der Waals surface area (Å²) in [6.45, 7) is -1.42. The van der Waals surface area contributed by atoms with Gasteiger partial charge in [0.1, 0.15) is 18.5 Å². The van der Waals surface area contributed by atoms with Crippen molar-refractivity contribution in [2.75, 3.05) is 33.2 Å². The number of carbonyl (C=O) groups is 1. The van der Waals surface area contributed by atoms with Gasteiger partial charge in [-0.3, -0.25) is 4.79 Å². The van der Waals surface area contributed by atoms with E-state index in [0.717, 1.165) is 4.90 Å². The van der Waals surface area contributed by atoms with Crippen LogP contribution in [0.2, 0.25) is 0 Å². The van der Waals surface area contributed by atoms with E-state index < -0.39 is 24.8 Å². The van der Waals surface area contributed by atoms with Gasteiger partial charge in [-0.05, 0) is 18.2 Å². The maximum atomic E-state index is 13.2. The van der Waals surface area contributed by atoms with E-state index in [2.05, 4.69) is 5.32 Å². The molecule has 0 saturated heterocycles. The average Bonchev–Trinajstić information content (AvgIpc) is 2.68. The smallest absolute Gasteiger partial charge is 0.406 e. The highest BCUT2D eigenvalue weighted by Gasteiger charge is 2.41. The quantitative estimate of drug-likeness (QED) is 0.832. The molecule has 0 radical (unpaired) electrons. The van der Waals surface area contributed by atoms with Gasteiger partial charge in [0.15, 0.2) is 11.5 Å². The molecule has 1 atom stereocenters. The third kappa shape index (κ3) is 3.64. The van der Waals surface area contributed by atoms with Crippen LogP contribution in [0.4, 0.5) is 18.9 Å². The number of amides is 1. The zero-order chi connectivity index (χ0) is 20.5. The Balaban J connectivity index is 2.16. The summed E-state index contributed by atoms with van der Waals surface area (Å²) in [6.07, 6.45) is -5.69. The number of alkyl halides is 3. The number of hydrogen-bond acceptors (Lipinski definition) is 5. The summed E-state index contributed by atoms with van der Waals surface area (Å²) in [5.41, 5.74) is 0.919. The highest BCUT2D eigenvalue weighted by molar-refractivity contribution is 6.01. The molecular formula is C19H19F3N2O4. The van der Waals surface area contributed by atoms with Crippen LogP contribution in [0.1, 0.15) is 22.1 Å². The van der Waals surface area contributed by atoms with Gasteiger partial charge >= 0.3 is 6.18 Å². The lowest BCUT2D eigenvalue weighted by Gasteiger charge is -2.39. The van der Waals surface area contributed by atoms with Crippen LogP contribution in [-0.4, -0.2) is 44.9 Å². The number of nitrogens with one attached hydrogen (secondary N) is 1. The van der Waals surface area contributed by atoms with Gasteiger partial charge in [0.25, 0.3) is 5.91 Å². The molecule has 1 heterocycles. The van der Waals surface area contributed by atoms with Gasteiger partial charge in [-0.15, -0.1) is 0 Å². The lowest BCUT2D eigenvalue weighted by Crippen LogP contribution is -2.47. The van der Waals surface area contributed by atoms with Gasteiger partial charge in [0, 0.05) is 17.3 Å². The summed E-state index contributed by atoms with van der Waals surface area (Å²) in [7, 11) is 4.24. The molecule has 0 saturated carbocycles. The molecule has 2 aromatic carbocycles. The van der Waals surface area contributed by atoms with Crippen molar-refractivity contribution in [2.24, 2.45) is 0 Å². The fourth-order valence-corrected chi connectivity index (χ4v) is 3.16. The lowest BCUT2D eigenvalue weighted by molar-refractivity contribution is -0.144. The molecule has 1 aliphatic rings. The van der Waals surface area contributed by atoms with E-state index in [9.17, 15) is 18.0 Å². The van der Waals surface area contributed by atoms with E-state index in [1.54, 1.807) is 18.2 Å².